The summed E-state index contributed by atoms with van der Waals surface area (Å²) in [5.74, 6) is 0.517. The Bertz CT molecular complexity index is 466. The number of hydrogen-bond donors (Lipinski definition) is 1. The number of nitrogens with zero attached hydrogens (tertiary/aromatic N) is 3. The largest absolute Gasteiger partial charge is 0.405 e. The van der Waals surface area contributed by atoms with E-state index < -0.39 is 12.7 Å². The lowest BCUT2D eigenvalue weighted by atomic mass is 10.0. The van der Waals surface area contributed by atoms with E-state index in [0.29, 0.717) is 12.2 Å². The molecule has 1 rings (SSSR count). The lowest BCUT2D eigenvalue weighted by molar-refractivity contribution is -0.120. The summed E-state index contributed by atoms with van der Waals surface area (Å²) in [6.45, 7) is 6.28. The zero-order valence-electron chi connectivity index (χ0n) is 13.3. The molecule has 1 heterocycles. The quantitative estimate of drug-likeness (QED) is 0.879. The van der Waals surface area contributed by atoms with Crippen LogP contribution in [0.3, 0.4) is 0 Å². The molecule has 1 atom stereocenters. The summed E-state index contributed by atoms with van der Waals surface area (Å²) < 4.78 is 40.1. The van der Waals surface area contributed by atoms with Crippen LogP contribution >= 0.6 is 0 Å². The van der Waals surface area contributed by atoms with Crippen LogP contribution in [0.5, 0.6) is 0 Å². The van der Waals surface area contributed by atoms with Crippen LogP contribution in [-0.2, 0) is 13.5 Å². The minimum absolute atomic E-state index is 0.0773. The van der Waals surface area contributed by atoms with Gasteiger partial charge in [-0.1, -0.05) is 6.92 Å². The highest BCUT2D eigenvalue weighted by molar-refractivity contribution is 5.51. The number of rotatable bonds is 6. The molecule has 7 heteroatoms. The van der Waals surface area contributed by atoms with Crippen LogP contribution in [0, 0.1) is 6.92 Å². The molecule has 0 fully saturated rings. The number of aryl methyl sites for hydroxylation is 2. The standard InChI is InChI=1S/C14H25F3N4/c1-6-11(18)7-12-10(4)19-20(5)13(12)21(9(2)3)8-14(15,16)17/h9,11H,6-8,18H2,1-5H3. The van der Waals surface area contributed by atoms with Crippen molar-refractivity contribution in [2.45, 2.75) is 58.8 Å². The van der Waals surface area contributed by atoms with Crippen molar-refractivity contribution in [2.75, 3.05) is 11.4 Å². The molecule has 0 radical (unpaired) electrons. The van der Waals surface area contributed by atoms with Gasteiger partial charge in [-0.2, -0.15) is 18.3 Å². The minimum atomic E-state index is -4.26. The van der Waals surface area contributed by atoms with E-state index >= 15 is 0 Å². The molecule has 4 nitrogen and oxygen atoms in total. The second kappa shape index (κ2) is 6.68. The Balaban J connectivity index is 3.24. The monoisotopic (exact) mass is 306 g/mol. The molecule has 2 N–H and O–H groups in total. The molecular weight excluding hydrogens is 281 g/mol. The first-order valence-electron chi connectivity index (χ1n) is 7.18. The highest BCUT2D eigenvalue weighted by atomic mass is 19.4. The van der Waals surface area contributed by atoms with Crippen molar-refractivity contribution in [3.05, 3.63) is 11.3 Å². The van der Waals surface area contributed by atoms with Gasteiger partial charge in [0.15, 0.2) is 0 Å². The predicted octanol–water partition coefficient (Wildman–Crippen LogP) is 2.79. The Morgan fingerprint density at radius 3 is 2.33 bits per heavy atom. The van der Waals surface area contributed by atoms with Gasteiger partial charge in [-0.05, 0) is 33.6 Å². The second-order valence-electron chi connectivity index (χ2n) is 5.72. The summed E-state index contributed by atoms with van der Waals surface area (Å²) in [5, 5.41) is 4.28. The zero-order chi connectivity index (χ0) is 16.4. The van der Waals surface area contributed by atoms with Crippen molar-refractivity contribution < 1.29 is 13.2 Å². The van der Waals surface area contributed by atoms with Gasteiger partial charge < -0.3 is 10.6 Å². The molecule has 0 aromatic carbocycles. The maximum atomic E-state index is 12.9. The van der Waals surface area contributed by atoms with Gasteiger partial charge in [0.1, 0.15) is 12.4 Å². The molecule has 0 saturated heterocycles. The van der Waals surface area contributed by atoms with E-state index in [1.165, 1.54) is 9.58 Å². The van der Waals surface area contributed by atoms with E-state index in [2.05, 4.69) is 5.10 Å². The third-order valence-corrected chi connectivity index (χ3v) is 3.55. The van der Waals surface area contributed by atoms with Gasteiger partial charge in [0, 0.05) is 24.7 Å². The molecule has 0 bridgehead atoms. The maximum absolute atomic E-state index is 12.9. The Morgan fingerprint density at radius 1 is 1.33 bits per heavy atom. The summed E-state index contributed by atoms with van der Waals surface area (Å²) in [5.41, 5.74) is 7.53. The van der Waals surface area contributed by atoms with Crippen LogP contribution in [0.4, 0.5) is 19.0 Å². The van der Waals surface area contributed by atoms with E-state index in [9.17, 15) is 13.2 Å². The fraction of sp³-hybridized carbons (Fsp3) is 0.786. The van der Waals surface area contributed by atoms with Gasteiger partial charge in [0.2, 0.25) is 0 Å². The number of nitrogens with two attached hydrogens (primary N) is 1. The van der Waals surface area contributed by atoms with Crippen molar-refractivity contribution in [2.24, 2.45) is 12.8 Å². The van der Waals surface area contributed by atoms with Crippen LogP contribution in [0.25, 0.3) is 0 Å². The average Bonchev–Trinajstić information content (AvgIpc) is 2.60. The van der Waals surface area contributed by atoms with Crippen molar-refractivity contribution >= 4 is 5.82 Å². The van der Waals surface area contributed by atoms with Gasteiger partial charge in [-0.25, -0.2) is 0 Å². The molecule has 0 amide bonds. The Morgan fingerprint density at radius 2 is 1.90 bits per heavy atom. The van der Waals surface area contributed by atoms with E-state index in [-0.39, 0.29) is 12.1 Å². The average molecular weight is 306 g/mol. The van der Waals surface area contributed by atoms with E-state index in [1.807, 2.05) is 13.8 Å². The lowest BCUT2D eigenvalue weighted by Gasteiger charge is -2.31. The first kappa shape index (κ1) is 17.8. The summed E-state index contributed by atoms with van der Waals surface area (Å²) in [6, 6.07) is -0.357. The molecule has 122 valence electrons. The van der Waals surface area contributed by atoms with Gasteiger partial charge in [-0.15, -0.1) is 0 Å². The molecule has 1 aromatic rings. The summed E-state index contributed by atoms with van der Waals surface area (Å²) >= 11 is 0. The fourth-order valence-corrected chi connectivity index (χ4v) is 2.39. The third-order valence-electron chi connectivity index (χ3n) is 3.55. The SMILES string of the molecule is CCC(N)Cc1c(C)nn(C)c1N(CC(F)(F)F)C(C)C. The Kier molecular flexibility index (Phi) is 5.67. The highest BCUT2D eigenvalue weighted by Gasteiger charge is 2.34. The van der Waals surface area contributed by atoms with Gasteiger partial charge in [0.05, 0.1) is 5.69 Å². The second-order valence-corrected chi connectivity index (χ2v) is 5.72. The number of alkyl halides is 3. The summed E-state index contributed by atoms with van der Waals surface area (Å²) in [6.07, 6.45) is -2.95. The van der Waals surface area contributed by atoms with E-state index in [0.717, 1.165) is 17.7 Å². The first-order valence-corrected chi connectivity index (χ1v) is 7.18. The molecule has 0 saturated carbocycles. The maximum Gasteiger partial charge on any atom is 0.405 e. The zero-order valence-corrected chi connectivity index (χ0v) is 13.3. The topological polar surface area (TPSA) is 47.1 Å². The Labute approximate surface area is 124 Å². The highest BCUT2D eigenvalue weighted by Crippen LogP contribution is 2.29. The van der Waals surface area contributed by atoms with Crippen molar-refractivity contribution in [3.8, 4) is 0 Å². The fourth-order valence-electron chi connectivity index (χ4n) is 2.39. The lowest BCUT2D eigenvalue weighted by Crippen LogP contribution is -2.41. The number of halogens is 3. The predicted molar refractivity (Wildman–Crippen MR) is 78.5 cm³/mol. The molecule has 0 spiro atoms. The van der Waals surface area contributed by atoms with Crippen molar-refractivity contribution in [3.63, 3.8) is 0 Å². The van der Waals surface area contributed by atoms with E-state index in [1.54, 1.807) is 20.9 Å². The van der Waals surface area contributed by atoms with E-state index in [4.69, 9.17) is 5.73 Å². The van der Waals surface area contributed by atoms with Crippen molar-refractivity contribution in [1.82, 2.24) is 9.78 Å². The number of hydrogen-bond acceptors (Lipinski definition) is 3. The molecule has 1 aromatic heterocycles. The van der Waals surface area contributed by atoms with Crippen molar-refractivity contribution in [1.29, 1.82) is 0 Å². The molecule has 0 aliphatic carbocycles. The van der Waals surface area contributed by atoms with Crippen LogP contribution in [0.1, 0.15) is 38.4 Å². The molecular formula is C14H25F3N4. The van der Waals surface area contributed by atoms with Gasteiger partial charge in [-0.3, -0.25) is 4.68 Å². The summed E-state index contributed by atoms with van der Waals surface area (Å²) in [7, 11) is 1.68. The molecule has 0 aliphatic rings. The van der Waals surface area contributed by atoms with Crippen LogP contribution < -0.4 is 10.6 Å². The van der Waals surface area contributed by atoms with Gasteiger partial charge >= 0.3 is 6.18 Å². The van der Waals surface area contributed by atoms with Gasteiger partial charge in [0.25, 0.3) is 0 Å². The summed E-state index contributed by atoms with van der Waals surface area (Å²) in [4.78, 5) is 1.34. The van der Waals surface area contributed by atoms with Crippen LogP contribution in [-0.4, -0.2) is 34.6 Å². The minimum Gasteiger partial charge on any atom is -0.345 e. The van der Waals surface area contributed by atoms with Crippen LogP contribution in [0.15, 0.2) is 0 Å². The third kappa shape index (κ3) is 4.62. The normalized spacial score (nSPS) is 13.8. The number of anilines is 1. The first-order chi connectivity index (χ1) is 9.56. The molecule has 21 heavy (non-hydrogen) atoms. The smallest absolute Gasteiger partial charge is 0.345 e. The van der Waals surface area contributed by atoms with Crippen LogP contribution in [0.2, 0.25) is 0 Å². The Hall–Kier alpha value is -1.24. The molecule has 1 unspecified atom stereocenters. The molecule has 0 aliphatic heterocycles. The number of aromatic nitrogens is 2.